The highest BCUT2D eigenvalue weighted by molar-refractivity contribution is 7.92. The Morgan fingerprint density at radius 2 is 1.75 bits per heavy atom. The summed E-state index contributed by atoms with van der Waals surface area (Å²) in [5, 5.41) is 11.8. The van der Waals surface area contributed by atoms with Crippen molar-refractivity contribution < 1.29 is 27.5 Å². The molecule has 0 fully saturated rings. The predicted octanol–water partition coefficient (Wildman–Crippen LogP) is 3.76. The van der Waals surface area contributed by atoms with E-state index in [9.17, 15) is 18.0 Å². The second kappa shape index (κ2) is 9.46. The fraction of sp³-hybridized carbons (Fsp3) is 0.182. The highest BCUT2D eigenvalue weighted by atomic mass is 35.5. The maximum atomic E-state index is 13.4. The summed E-state index contributed by atoms with van der Waals surface area (Å²) in [6, 6.07) is 13.8. The van der Waals surface area contributed by atoms with Crippen LogP contribution in [-0.4, -0.2) is 31.9 Å². The van der Waals surface area contributed by atoms with Crippen LogP contribution in [0, 0.1) is 13.8 Å². The molecular formula is C22H21ClN2O6S. The van der Waals surface area contributed by atoms with Crippen molar-refractivity contribution in [2.45, 2.75) is 25.3 Å². The molecule has 0 unspecified atom stereocenters. The zero-order valence-electron chi connectivity index (χ0n) is 17.3. The summed E-state index contributed by atoms with van der Waals surface area (Å²) in [6.45, 7) is 2.90. The summed E-state index contributed by atoms with van der Waals surface area (Å²) < 4.78 is 32.9. The fourth-order valence-corrected chi connectivity index (χ4v) is 4.61. The number of sulfonamides is 1. The third kappa shape index (κ3) is 5.12. The lowest BCUT2D eigenvalue weighted by Crippen LogP contribution is -2.41. The van der Waals surface area contributed by atoms with Crippen LogP contribution in [0.5, 0.6) is 0 Å². The number of carbonyl (C=O) groups is 2. The van der Waals surface area contributed by atoms with Gasteiger partial charge in [0.05, 0.1) is 17.1 Å². The van der Waals surface area contributed by atoms with Gasteiger partial charge in [-0.05, 0) is 55.8 Å². The van der Waals surface area contributed by atoms with Gasteiger partial charge in [-0.1, -0.05) is 35.4 Å². The minimum Gasteiger partial charge on any atom is -0.475 e. The van der Waals surface area contributed by atoms with Gasteiger partial charge in [0.25, 0.3) is 10.0 Å². The monoisotopic (exact) mass is 476 g/mol. The van der Waals surface area contributed by atoms with Crippen molar-refractivity contribution in [3.05, 3.63) is 82.3 Å². The number of hydrogen-bond acceptors (Lipinski definition) is 5. The minimum atomic E-state index is -4.08. The number of nitrogens with zero attached hydrogens (tertiary/aromatic N) is 1. The first-order chi connectivity index (χ1) is 15.1. The van der Waals surface area contributed by atoms with Gasteiger partial charge >= 0.3 is 5.97 Å². The van der Waals surface area contributed by atoms with Crippen molar-refractivity contribution in [2.75, 3.05) is 10.8 Å². The molecule has 0 saturated carbocycles. The Morgan fingerprint density at radius 3 is 2.38 bits per heavy atom. The quantitative estimate of drug-likeness (QED) is 0.511. The molecule has 0 spiro atoms. The molecule has 3 aromatic rings. The molecule has 0 aliphatic carbocycles. The summed E-state index contributed by atoms with van der Waals surface area (Å²) in [5.74, 6) is -1.86. The van der Waals surface area contributed by atoms with Gasteiger partial charge in [0, 0.05) is 5.02 Å². The summed E-state index contributed by atoms with van der Waals surface area (Å²) in [6.07, 6.45) is 0. The van der Waals surface area contributed by atoms with Gasteiger partial charge in [-0.3, -0.25) is 9.10 Å². The Labute approximate surface area is 190 Å². The number of nitrogens with one attached hydrogen (secondary N) is 1. The van der Waals surface area contributed by atoms with Gasteiger partial charge in [-0.15, -0.1) is 0 Å². The molecule has 0 aliphatic rings. The molecule has 8 nitrogen and oxygen atoms in total. The van der Waals surface area contributed by atoms with E-state index in [4.69, 9.17) is 21.1 Å². The van der Waals surface area contributed by atoms with Crippen LogP contribution in [-0.2, 0) is 21.4 Å². The normalized spacial score (nSPS) is 11.2. The molecule has 0 aliphatic heterocycles. The molecule has 2 N–H and O–H groups in total. The lowest BCUT2D eigenvalue weighted by Gasteiger charge is -2.26. The number of halogens is 1. The Balaban J connectivity index is 1.88. The molecule has 1 heterocycles. The predicted molar refractivity (Wildman–Crippen MR) is 119 cm³/mol. The number of rotatable bonds is 8. The number of hydrogen-bond donors (Lipinski definition) is 2. The van der Waals surface area contributed by atoms with Crippen LogP contribution in [0.2, 0.25) is 5.02 Å². The maximum absolute atomic E-state index is 13.4. The Kier molecular flexibility index (Phi) is 6.90. The number of carboxylic acids is 1. The zero-order chi connectivity index (χ0) is 23.5. The maximum Gasteiger partial charge on any atom is 0.371 e. The van der Waals surface area contributed by atoms with E-state index >= 15 is 0 Å². The third-order valence-electron chi connectivity index (χ3n) is 4.74. The van der Waals surface area contributed by atoms with Crippen LogP contribution in [0.1, 0.15) is 27.4 Å². The minimum absolute atomic E-state index is 0.0346. The van der Waals surface area contributed by atoms with E-state index in [-0.39, 0.29) is 28.6 Å². The van der Waals surface area contributed by atoms with Crippen LogP contribution in [0.4, 0.5) is 5.69 Å². The van der Waals surface area contributed by atoms with Gasteiger partial charge in [-0.25, -0.2) is 13.2 Å². The van der Waals surface area contributed by atoms with E-state index < -0.39 is 28.4 Å². The Hall–Kier alpha value is -3.30. The molecule has 3 rings (SSSR count). The van der Waals surface area contributed by atoms with Crippen LogP contribution >= 0.6 is 11.6 Å². The Bertz CT molecular complexity index is 1250. The zero-order valence-corrected chi connectivity index (χ0v) is 18.9. The van der Waals surface area contributed by atoms with Crippen LogP contribution in [0.3, 0.4) is 0 Å². The van der Waals surface area contributed by atoms with Crippen molar-refractivity contribution in [1.29, 1.82) is 0 Å². The first-order valence-corrected chi connectivity index (χ1v) is 11.3. The molecular weight excluding hydrogens is 456 g/mol. The van der Waals surface area contributed by atoms with Crippen LogP contribution < -0.4 is 9.62 Å². The van der Waals surface area contributed by atoms with E-state index in [0.717, 1.165) is 9.87 Å². The topological polar surface area (TPSA) is 117 Å². The SMILES string of the molecule is Cc1ccc(S(=O)(=O)N(CC(=O)NCc2ccc(C(=O)O)o2)c2cccc(Cl)c2C)cc1. The largest absolute Gasteiger partial charge is 0.475 e. The van der Waals surface area contributed by atoms with Crippen molar-refractivity contribution in [2.24, 2.45) is 0 Å². The second-order valence-electron chi connectivity index (χ2n) is 7.06. The molecule has 0 radical (unpaired) electrons. The molecule has 10 heteroatoms. The first-order valence-electron chi connectivity index (χ1n) is 9.53. The van der Waals surface area contributed by atoms with Gasteiger partial charge in [-0.2, -0.15) is 0 Å². The summed E-state index contributed by atoms with van der Waals surface area (Å²) in [5.41, 5.74) is 1.68. The molecule has 1 aromatic heterocycles. The molecule has 2 aromatic carbocycles. The highest BCUT2D eigenvalue weighted by Gasteiger charge is 2.28. The fourth-order valence-electron chi connectivity index (χ4n) is 2.96. The number of aryl methyl sites for hydroxylation is 1. The summed E-state index contributed by atoms with van der Waals surface area (Å²) >= 11 is 6.20. The van der Waals surface area contributed by atoms with E-state index in [1.807, 2.05) is 6.92 Å². The van der Waals surface area contributed by atoms with Crippen molar-refractivity contribution in [3.8, 4) is 0 Å². The van der Waals surface area contributed by atoms with Gasteiger partial charge < -0.3 is 14.8 Å². The lowest BCUT2D eigenvalue weighted by molar-refractivity contribution is -0.119. The molecule has 0 bridgehead atoms. The van der Waals surface area contributed by atoms with Gasteiger partial charge in [0.2, 0.25) is 11.7 Å². The number of aromatic carboxylic acids is 1. The number of carbonyl (C=O) groups excluding carboxylic acids is 1. The lowest BCUT2D eigenvalue weighted by atomic mass is 10.2. The highest BCUT2D eigenvalue weighted by Crippen LogP contribution is 2.30. The average molecular weight is 477 g/mol. The van der Waals surface area contributed by atoms with Gasteiger partial charge in [0.1, 0.15) is 12.3 Å². The van der Waals surface area contributed by atoms with E-state index in [0.29, 0.717) is 10.6 Å². The number of carboxylic acid groups (broad SMARTS) is 1. The van der Waals surface area contributed by atoms with Crippen molar-refractivity contribution in [1.82, 2.24) is 5.32 Å². The average Bonchev–Trinajstić information content (AvgIpc) is 3.22. The van der Waals surface area contributed by atoms with E-state index in [2.05, 4.69) is 5.32 Å². The van der Waals surface area contributed by atoms with E-state index in [1.54, 1.807) is 37.3 Å². The second-order valence-corrected chi connectivity index (χ2v) is 9.33. The smallest absolute Gasteiger partial charge is 0.371 e. The van der Waals surface area contributed by atoms with Crippen LogP contribution in [0.25, 0.3) is 0 Å². The number of amides is 1. The molecule has 1 amide bonds. The summed E-state index contributed by atoms with van der Waals surface area (Å²) in [7, 11) is -4.08. The van der Waals surface area contributed by atoms with Crippen molar-refractivity contribution >= 4 is 39.2 Å². The molecule has 0 atom stereocenters. The Morgan fingerprint density at radius 1 is 1.06 bits per heavy atom. The third-order valence-corrected chi connectivity index (χ3v) is 6.92. The molecule has 32 heavy (non-hydrogen) atoms. The van der Waals surface area contributed by atoms with Crippen molar-refractivity contribution in [3.63, 3.8) is 0 Å². The standard InChI is InChI=1S/C22H21ClN2O6S/c1-14-6-9-17(10-7-14)32(29,30)25(19-5-3-4-18(23)15(19)2)13-21(26)24-12-16-8-11-20(31-16)22(27)28/h3-11H,12-13H2,1-2H3,(H,24,26)(H,27,28). The van der Waals surface area contributed by atoms with Gasteiger partial charge in [0.15, 0.2) is 0 Å². The summed E-state index contributed by atoms with van der Waals surface area (Å²) in [4.78, 5) is 23.6. The van der Waals surface area contributed by atoms with Crippen LogP contribution in [0.15, 0.2) is 63.9 Å². The number of benzene rings is 2. The number of furan rings is 1. The molecule has 168 valence electrons. The van der Waals surface area contributed by atoms with E-state index in [1.165, 1.54) is 24.3 Å². The number of anilines is 1. The molecule has 0 saturated heterocycles. The first kappa shape index (κ1) is 23.4.